The van der Waals surface area contributed by atoms with Gasteiger partial charge in [-0.3, -0.25) is 4.79 Å². The fourth-order valence-electron chi connectivity index (χ4n) is 0.975. The van der Waals surface area contributed by atoms with Crippen molar-refractivity contribution in [1.29, 1.82) is 0 Å². The summed E-state index contributed by atoms with van der Waals surface area (Å²) in [6.07, 6.45) is -0.437. The highest BCUT2D eigenvalue weighted by Crippen LogP contribution is 2.21. The van der Waals surface area contributed by atoms with Crippen LogP contribution in [0.15, 0.2) is 11.4 Å². The lowest BCUT2D eigenvalue weighted by molar-refractivity contribution is -0.0974. The number of methoxy groups -OCH3 is 2. The Balaban J connectivity index is 2.47. The predicted molar refractivity (Wildman–Crippen MR) is 59.5 cm³/mol. The predicted octanol–water partition coefficient (Wildman–Crippen LogP) is 1.75. The van der Waals surface area contributed by atoms with E-state index in [0.29, 0.717) is 16.4 Å². The Morgan fingerprint density at radius 1 is 1.60 bits per heavy atom. The molecule has 0 saturated heterocycles. The van der Waals surface area contributed by atoms with Crippen molar-refractivity contribution in [2.24, 2.45) is 0 Å². The van der Waals surface area contributed by atoms with Gasteiger partial charge in [-0.2, -0.15) is 0 Å². The van der Waals surface area contributed by atoms with Gasteiger partial charge < -0.3 is 14.8 Å². The topological polar surface area (TPSA) is 47.6 Å². The second kappa shape index (κ2) is 6.07. The van der Waals surface area contributed by atoms with Gasteiger partial charge in [-0.15, -0.1) is 11.3 Å². The maximum atomic E-state index is 11.6. The summed E-state index contributed by atoms with van der Waals surface area (Å²) < 4.78 is 9.86. The van der Waals surface area contributed by atoms with Crippen molar-refractivity contribution in [3.63, 3.8) is 0 Å². The average Bonchev–Trinajstić information content (AvgIpc) is 2.66. The molecule has 1 N–H and O–H groups in total. The van der Waals surface area contributed by atoms with Crippen LogP contribution >= 0.6 is 22.9 Å². The Labute approximate surface area is 97.1 Å². The highest BCUT2D eigenvalue weighted by Gasteiger charge is 2.13. The van der Waals surface area contributed by atoms with Crippen molar-refractivity contribution in [2.75, 3.05) is 20.8 Å². The molecule has 0 radical (unpaired) electrons. The highest BCUT2D eigenvalue weighted by molar-refractivity contribution is 7.12. The standard InChI is InChI=1S/C9H12ClNO3S/c1-13-7(14-2)5-11-9(12)8-6(10)3-4-15-8/h3-4,7H,5H2,1-2H3,(H,11,12). The van der Waals surface area contributed by atoms with E-state index >= 15 is 0 Å². The lowest BCUT2D eigenvalue weighted by atomic mass is 10.4. The second-order valence-electron chi connectivity index (χ2n) is 2.71. The van der Waals surface area contributed by atoms with Gasteiger partial charge in [0.2, 0.25) is 0 Å². The summed E-state index contributed by atoms with van der Waals surface area (Å²) >= 11 is 7.10. The fraction of sp³-hybridized carbons (Fsp3) is 0.444. The zero-order valence-corrected chi connectivity index (χ0v) is 10.0. The first-order valence-corrected chi connectivity index (χ1v) is 5.51. The van der Waals surface area contributed by atoms with Crippen molar-refractivity contribution in [3.8, 4) is 0 Å². The van der Waals surface area contributed by atoms with Crippen LogP contribution < -0.4 is 5.32 Å². The second-order valence-corrected chi connectivity index (χ2v) is 4.03. The molecule has 0 aliphatic rings. The average molecular weight is 250 g/mol. The third-order valence-electron chi connectivity index (χ3n) is 1.78. The Morgan fingerprint density at radius 3 is 2.73 bits per heavy atom. The molecule has 1 aromatic heterocycles. The molecule has 0 aliphatic carbocycles. The largest absolute Gasteiger partial charge is 0.354 e. The number of hydrogen-bond donors (Lipinski definition) is 1. The van der Waals surface area contributed by atoms with E-state index in [9.17, 15) is 4.79 Å². The molecule has 4 nitrogen and oxygen atoms in total. The molecule has 0 unspecified atom stereocenters. The van der Waals surface area contributed by atoms with Gasteiger partial charge in [0.05, 0.1) is 11.6 Å². The van der Waals surface area contributed by atoms with Gasteiger partial charge in [0.1, 0.15) is 4.88 Å². The third kappa shape index (κ3) is 3.46. The first kappa shape index (κ1) is 12.4. The smallest absolute Gasteiger partial charge is 0.263 e. The van der Waals surface area contributed by atoms with Crippen LogP contribution in [0.1, 0.15) is 9.67 Å². The Morgan fingerprint density at radius 2 is 2.27 bits per heavy atom. The molecule has 0 fully saturated rings. The van der Waals surface area contributed by atoms with E-state index in [4.69, 9.17) is 21.1 Å². The van der Waals surface area contributed by atoms with Crippen molar-refractivity contribution in [1.82, 2.24) is 5.32 Å². The van der Waals surface area contributed by atoms with E-state index in [0.717, 1.165) is 0 Å². The molecule has 0 atom stereocenters. The molecule has 0 aliphatic heterocycles. The van der Waals surface area contributed by atoms with E-state index in [1.165, 1.54) is 25.6 Å². The molecule has 6 heteroatoms. The summed E-state index contributed by atoms with van der Waals surface area (Å²) in [7, 11) is 3.02. The Kier molecular flexibility index (Phi) is 5.04. The summed E-state index contributed by atoms with van der Waals surface area (Å²) in [5.41, 5.74) is 0. The van der Waals surface area contributed by atoms with Gasteiger partial charge in [0.25, 0.3) is 5.91 Å². The van der Waals surface area contributed by atoms with E-state index in [1.807, 2.05) is 0 Å². The summed E-state index contributed by atoms with van der Waals surface area (Å²) in [5.74, 6) is -0.214. The molecule has 0 aromatic carbocycles. The molecule has 15 heavy (non-hydrogen) atoms. The van der Waals surface area contributed by atoms with Crippen LogP contribution in [-0.4, -0.2) is 33.0 Å². The van der Waals surface area contributed by atoms with Crippen molar-refractivity contribution < 1.29 is 14.3 Å². The van der Waals surface area contributed by atoms with Crippen LogP contribution in [0.25, 0.3) is 0 Å². The van der Waals surface area contributed by atoms with E-state index in [-0.39, 0.29) is 5.91 Å². The number of rotatable bonds is 5. The molecule has 84 valence electrons. The maximum Gasteiger partial charge on any atom is 0.263 e. The minimum Gasteiger partial charge on any atom is -0.354 e. The van der Waals surface area contributed by atoms with Gasteiger partial charge >= 0.3 is 0 Å². The molecule has 0 spiro atoms. The summed E-state index contributed by atoms with van der Waals surface area (Å²) in [5, 5.41) is 4.89. The Bertz CT molecular complexity index is 325. The molecule has 0 saturated carbocycles. The van der Waals surface area contributed by atoms with Crippen molar-refractivity contribution in [3.05, 3.63) is 21.3 Å². The molecular formula is C9H12ClNO3S. The monoisotopic (exact) mass is 249 g/mol. The Hall–Kier alpha value is -0.620. The van der Waals surface area contributed by atoms with Crippen molar-refractivity contribution >= 4 is 28.8 Å². The number of amides is 1. The van der Waals surface area contributed by atoms with Gasteiger partial charge in [-0.25, -0.2) is 0 Å². The quantitative estimate of drug-likeness (QED) is 0.809. The maximum absolute atomic E-state index is 11.6. The highest BCUT2D eigenvalue weighted by atomic mass is 35.5. The minimum absolute atomic E-state index is 0.214. The number of carbonyl (C=O) groups excluding carboxylic acids is 1. The molecular weight excluding hydrogens is 238 g/mol. The number of halogens is 1. The van der Waals surface area contributed by atoms with Crippen LogP contribution in [0.5, 0.6) is 0 Å². The minimum atomic E-state index is -0.437. The zero-order valence-electron chi connectivity index (χ0n) is 8.45. The van der Waals surface area contributed by atoms with Crippen LogP contribution in [0.2, 0.25) is 5.02 Å². The van der Waals surface area contributed by atoms with E-state index in [1.54, 1.807) is 11.4 Å². The van der Waals surface area contributed by atoms with E-state index in [2.05, 4.69) is 5.32 Å². The van der Waals surface area contributed by atoms with Crippen LogP contribution in [-0.2, 0) is 9.47 Å². The van der Waals surface area contributed by atoms with Gasteiger partial charge in [-0.05, 0) is 11.4 Å². The molecule has 0 bridgehead atoms. The first-order chi connectivity index (χ1) is 7.19. The number of hydrogen-bond acceptors (Lipinski definition) is 4. The number of nitrogens with one attached hydrogen (secondary N) is 1. The number of ether oxygens (including phenoxy) is 2. The lowest BCUT2D eigenvalue weighted by Gasteiger charge is -2.13. The van der Waals surface area contributed by atoms with Crippen molar-refractivity contribution in [2.45, 2.75) is 6.29 Å². The SMILES string of the molecule is COC(CNC(=O)c1sccc1Cl)OC. The third-order valence-corrected chi connectivity index (χ3v) is 3.12. The number of carbonyl (C=O) groups is 1. The molecule has 1 heterocycles. The normalized spacial score (nSPS) is 10.7. The van der Waals surface area contributed by atoms with Crippen LogP contribution in [0.3, 0.4) is 0 Å². The number of thiophene rings is 1. The van der Waals surface area contributed by atoms with Gasteiger partial charge in [0, 0.05) is 14.2 Å². The lowest BCUT2D eigenvalue weighted by Crippen LogP contribution is -2.33. The molecule has 1 rings (SSSR count). The summed E-state index contributed by atoms with van der Waals surface area (Å²) in [6.45, 7) is 0.292. The van der Waals surface area contributed by atoms with Gasteiger partial charge in [-0.1, -0.05) is 11.6 Å². The van der Waals surface area contributed by atoms with Crippen LogP contribution in [0, 0.1) is 0 Å². The van der Waals surface area contributed by atoms with E-state index < -0.39 is 6.29 Å². The first-order valence-electron chi connectivity index (χ1n) is 4.25. The summed E-state index contributed by atoms with van der Waals surface area (Å²) in [6, 6.07) is 1.69. The molecule has 1 amide bonds. The fourth-order valence-corrected chi connectivity index (χ4v) is 2.03. The van der Waals surface area contributed by atoms with Crippen LogP contribution in [0.4, 0.5) is 0 Å². The summed E-state index contributed by atoms with van der Waals surface area (Å²) in [4.78, 5) is 12.1. The molecule has 1 aromatic rings. The zero-order chi connectivity index (χ0) is 11.3. The van der Waals surface area contributed by atoms with Gasteiger partial charge in [0.15, 0.2) is 6.29 Å².